The van der Waals surface area contributed by atoms with E-state index in [1.807, 2.05) is 43.3 Å². The van der Waals surface area contributed by atoms with E-state index in [9.17, 15) is 14.7 Å². The van der Waals surface area contributed by atoms with Gasteiger partial charge in [0.1, 0.15) is 5.72 Å². The normalized spacial score (nSPS) is 28.3. The molecule has 6 nitrogen and oxygen atoms in total. The van der Waals surface area contributed by atoms with Gasteiger partial charge in [0.05, 0.1) is 24.7 Å². The number of rotatable bonds is 6. The molecule has 0 radical (unpaired) electrons. The molecule has 1 saturated heterocycles. The lowest BCUT2D eigenvalue weighted by atomic mass is 9.78. The third-order valence-electron chi connectivity index (χ3n) is 5.96. The third-order valence-corrected chi connectivity index (χ3v) is 5.96. The third kappa shape index (κ3) is 4.81. The molecule has 1 heterocycles. The summed E-state index contributed by atoms with van der Waals surface area (Å²) in [7, 11) is 0. The van der Waals surface area contributed by atoms with Crippen molar-refractivity contribution in [3.8, 4) is 0 Å². The number of allylic oxidation sites excluding steroid dienone is 2. The van der Waals surface area contributed by atoms with Crippen molar-refractivity contribution in [1.82, 2.24) is 4.90 Å². The van der Waals surface area contributed by atoms with Crippen LogP contribution in [0.1, 0.15) is 45.6 Å². The molecule has 1 aliphatic heterocycles. The molecule has 4 unspecified atom stereocenters. The van der Waals surface area contributed by atoms with Crippen LogP contribution in [0.25, 0.3) is 0 Å². The van der Waals surface area contributed by atoms with E-state index in [1.165, 1.54) is 4.90 Å². The van der Waals surface area contributed by atoms with Crippen molar-refractivity contribution in [2.75, 3.05) is 6.61 Å². The molecule has 158 valence electrons. The fraction of sp³-hybridized carbons (Fsp3) is 0.565. The van der Waals surface area contributed by atoms with Crippen LogP contribution in [-0.2, 0) is 20.7 Å². The van der Waals surface area contributed by atoms with Gasteiger partial charge in [-0.1, -0.05) is 42.5 Å². The summed E-state index contributed by atoms with van der Waals surface area (Å²) in [6, 6.07) is 9.57. The summed E-state index contributed by atoms with van der Waals surface area (Å²) in [5.41, 5.74) is 0.153. The average molecular weight is 402 g/mol. The zero-order chi connectivity index (χ0) is 21.0. The van der Waals surface area contributed by atoms with Crippen molar-refractivity contribution >= 4 is 12.1 Å². The molecule has 3 rings (SSSR count). The second-order valence-electron chi connectivity index (χ2n) is 8.31. The molecule has 1 amide bonds. The maximum absolute atomic E-state index is 12.5. The average Bonchev–Trinajstić information content (AvgIpc) is 2.92. The number of benzene rings is 1. The van der Waals surface area contributed by atoms with Crippen LogP contribution in [0, 0.1) is 11.8 Å². The molecule has 29 heavy (non-hydrogen) atoms. The quantitative estimate of drug-likeness (QED) is 0.570. The Bertz CT molecular complexity index is 745. The number of carbonyl (C=O) groups excluding carboxylic acids is 1. The van der Waals surface area contributed by atoms with Crippen molar-refractivity contribution in [2.24, 2.45) is 11.8 Å². The first-order valence-corrected chi connectivity index (χ1v) is 10.4. The zero-order valence-corrected chi connectivity index (χ0v) is 17.4. The minimum Gasteiger partial charge on any atom is -0.466 e. The Hall–Kier alpha value is -2.34. The number of carboxylic acid groups (broad SMARTS) is 1. The lowest BCUT2D eigenvalue weighted by Gasteiger charge is -2.32. The summed E-state index contributed by atoms with van der Waals surface area (Å²) in [6.45, 7) is 5.77. The van der Waals surface area contributed by atoms with Gasteiger partial charge >= 0.3 is 12.1 Å². The van der Waals surface area contributed by atoms with E-state index in [4.69, 9.17) is 9.47 Å². The molecule has 0 saturated carbocycles. The zero-order valence-electron chi connectivity index (χ0n) is 17.4. The molecule has 4 atom stereocenters. The van der Waals surface area contributed by atoms with Gasteiger partial charge in [0.25, 0.3) is 0 Å². The van der Waals surface area contributed by atoms with Crippen molar-refractivity contribution in [1.29, 1.82) is 0 Å². The molecule has 0 spiro atoms. The topological polar surface area (TPSA) is 76.1 Å². The van der Waals surface area contributed by atoms with Gasteiger partial charge < -0.3 is 14.6 Å². The highest BCUT2D eigenvalue weighted by Crippen LogP contribution is 2.40. The van der Waals surface area contributed by atoms with Gasteiger partial charge in [-0.2, -0.15) is 0 Å². The van der Waals surface area contributed by atoms with Gasteiger partial charge in [-0.25, -0.2) is 4.79 Å². The number of esters is 1. The van der Waals surface area contributed by atoms with Crippen molar-refractivity contribution in [3.05, 3.63) is 48.0 Å². The summed E-state index contributed by atoms with van der Waals surface area (Å²) in [5, 5.41) is 9.89. The van der Waals surface area contributed by atoms with Crippen LogP contribution in [-0.4, -0.2) is 46.5 Å². The van der Waals surface area contributed by atoms with E-state index in [0.29, 0.717) is 25.9 Å². The van der Waals surface area contributed by atoms with Crippen LogP contribution in [0.2, 0.25) is 0 Å². The van der Waals surface area contributed by atoms with Crippen LogP contribution in [0.5, 0.6) is 0 Å². The van der Waals surface area contributed by atoms with Crippen LogP contribution in [0.4, 0.5) is 4.79 Å². The molecule has 1 aromatic carbocycles. The highest BCUT2D eigenvalue weighted by Gasteiger charge is 2.51. The predicted molar refractivity (Wildman–Crippen MR) is 109 cm³/mol. The monoisotopic (exact) mass is 401 g/mol. The first-order valence-electron chi connectivity index (χ1n) is 10.4. The van der Waals surface area contributed by atoms with Gasteiger partial charge in [0.2, 0.25) is 0 Å². The number of nitrogens with zero attached hydrogens (tertiary/aromatic N) is 1. The maximum Gasteiger partial charge on any atom is 0.409 e. The smallest absolute Gasteiger partial charge is 0.409 e. The second-order valence-corrected chi connectivity index (χ2v) is 8.31. The van der Waals surface area contributed by atoms with Crippen LogP contribution < -0.4 is 0 Å². The van der Waals surface area contributed by atoms with Crippen LogP contribution in [0.15, 0.2) is 42.5 Å². The molecule has 2 aliphatic rings. The minimum atomic E-state index is -0.982. The fourth-order valence-electron chi connectivity index (χ4n) is 4.69. The van der Waals surface area contributed by atoms with Crippen molar-refractivity contribution in [3.63, 3.8) is 0 Å². The number of hydrogen-bond donors (Lipinski definition) is 1. The lowest BCUT2D eigenvalue weighted by Crippen LogP contribution is -2.48. The fourth-order valence-corrected chi connectivity index (χ4v) is 4.69. The van der Waals surface area contributed by atoms with Crippen molar-refractivity contribution < 1.29 is 24.2 Å². The largest absolute Gasteiger partial charge is 0.466 e. The van der Waals surface area contributed by atoms with E-state index in [-0.39, 0.29) is 30.0 Å². The first kappa shape index (κ1) is 21.4. The molecule has 6 heteroatoms. The number of hydrogen-bond acceptors (Lipinski definition) is 4. The Labute approximate surface area is 172 Å². The van der Waals surface area contributed by atoms with Gasteiger partial charge in [0.15, 0.2) is 0 Å². The minimum absolute atomic E-state index is 0.0758. The molecule has 1 N–H and O–H groups in total. The molecule has 1 fully saturated rings. The SMILES string of the molecule is CCOC(=O)C1CC=CCC1CC1OC(C)(C)N(C(=O)O)C1Cc1ccccc1. The molecule has 0 bridgehead atoms. The Kier molecular flexibility index (Phi) is 6.63. The lowest BCUT2D eigenvalue weighted by molar-refractivity contribution is -0.150. The number of carbonyl (C=O) groups is 2. The summed E-state index contributed by atoms with van der Waals surface area (Å²) in [4.78, 5) is 26.0. The van der Waals surface area contributed by atoms with Crippen molar-refractivity contribution in [2.45, 2.75) is 64.3 Å². The Morgan fingerprint density at radius 1 is 1.21 bits per heavy atom. The summed E-state index contributed by atoms with van der Waals surface area (Å²) in [5.74, 6) is -0.302. The second kappa shape index (κ2) is 8.99. The highest BCUT2D eigenvalue weighted by molar-refractivity contribution is 5.73. The highest BCUT2D eigenvalue weighted by atomic mass is 16.6. The predicted octanol–water partition coefficient (Wildman–Crippen LogP) is 4.25. The molecule has 1 aromatic rings. The first-order chi connectivity index (χ1) is 13.8. The van der Waals surface area contributed by atoms with Crippen LogP contribution >= 0.6 is 0 Å². The standard InChI is InChI=1S/C23H31NO5/c1-4-28-21(25)18-13-9-8-12-17(18)15-20-19(14-16-10-6-5-7-11-16)24(22(26)27)23(2,3)29-20/h5-11,17-20H,4,12-15H2,1-3H3,(H,26,27). The van der Waals surface area contributed by atoms with E-state index >= 15 is 0 Å². The summed E-state index contributed by atoms with van der Waals surface area (Å²) >= 11 is 0. The maximum atomic E-state index is 12.5. The van der Waals surface area contributed by atoms with Gasteiger partial charge in [-0.15, -0.1) is 0 Å². The van der Waals surface area contributed by atoms with E-state index < -0.39 is 11.8 Å². The molecule has 1 aliphatic carbocycles. The summed E-state index contributed by atoms with van der Waals surface area (Å²) < 4.78 is 11.5. The molecular formula is C23H31NO5. The Morgan fingerprint density at radius 3 is 2.55 bits per heavy atom. The summed E-state index contributed by atoms with van der Waals surface area (Å²) in [6.07, 6.45) is 5.50. The van der Waals surface area contributed by atoms with E-state index in [0.717, 1.165) is 12.0 Å². The molecule has 0 aromatic heterocycles. The Balaban J connectivity index is 1.83. The van der Waals surface area contributed by atoms with Gasteiger partial charge in [-0.05, 0) is 57.9 Å². The Morgan fingerprint density at radius 2 is 1.90 bits per heavy atom. The van der Waals surface area contributed by atoms with Gasteiger partial charge in [-0.3, -0.25) is 9.69 Å². The van der Waals surface area contributed by atoms with Crippen LogP contribution in [0.3, 0.4) is 0 Å². The number of ether oxygens (including phenoxy) is 2. The van der Waals surface area contributed by atoms with E-state index in [2.05, 4.69) is 6.08 Å². The van der Waals surface area contributed by atoms with Gasteiger partial charge in [0, 0.05) is 0 Å². The number of amides is 1. The molecular weight excluding hydrogens is 370 g/mol. The van der Waals surface area contributed by atoms with E-state index in [1.54, 1.807) is 13.8 Å².